The molecule has 0 atom stereocenters. The van der Waals surface area contributed by atoms with Crippen LogP contribution < -0.4 is 15.5 Å². The highest BCUT2D eigenvalue weighted by molar-refractivity contribution is 5.82. The van der Waals surface area contributed by atoms with E-state index >= 15 is 0 Å². The quantitative estimate of drug-likeness (QED) is 0.823. The first-order valence-electron chi connectivity index (χ1n) is 7.85. The van der Waals surface area contributed by atoms with Crippen molar-refractivity contribution in [2.75, 3.05) is 57.3 Å². The molecule has 21 heavy (non-hydrogen) atoms. The number of carbonyl (C=O) groups is 1. The number of benzene rings is 1. The third-order valence-electron chi connectivity index (χ3n) is 4.27. The molecule has 1 aromatic rings. The van der Waals surface area contributed by atoms with E-state index < -0.39 is 0 Å². The second kappa shape index (κ2) is 6.91. The highest BCUT2D eigenvalue weighted by Crippen LogP contribution is 2.16. The highest BCUT2D eigenvalue weighted by Gasteiger charge is 2.16. The Bertz CT molecular complexity index is 468. The van der Waals surface area contributed by atoms with Crippen molar-refractivity contribution in [3.05, 3.63) is 29.8 Å². The lowest BCUT2D eigenvalue weighted by atomic mass is 10.1. The van der Waals surface area contributed by atoms with Gasteiger partial charge in [-0.2, -0.15) is 0 Å². The number of nitrogens with zero attached hydrogens (tertiary/aromatic N) is 2. The van der Waals surface area contributed by atoms with Crippen molar-refractivity contribution < 1.29 is 4.79 Å². The molecule has 0 aliphatic carbocycles. The second-order valence-corrected chi connectivity index (χ2v) is 5.78. The number of hydrogen-bond donors (Lipinski definition) is 2. The summed E-state index contributed by atoms with van der Waals surface area (Å²) < 4.78 is 0. The van der Waals surface area contributed by atoms with Gasteiger partial charge in [0.25, 0.3) is 0 Å². The van der Waals surface area contributed by atoms with Gasteiger partial charge >= 0.3 is 0 Å². The predicted molar refractivity (Wildman–Crippen MR) is 84.7 cm³/mol. The third-order valence-corrected chi connectivity index (χ3v) is 4.27. The number of amides is 1. The van der Waals surface area contributed by atoms with Gasteiger partial charge in [-0.3, -0.25) is 4.79 Å². The van der Waals surface area contributed by atoms with Crippen molar-refractivity contribution in [1.82, 2.24) is 15.5 Å². The van der Waals surface area contributed by atoms with E-state index in [0.29, 0.717) is 6.54 Å². The molecule has 1 amide bonds. The zero-order chi connectivity index (χ0) is 14.5. The molecule has 1 aromatic carbocycles. The van der Waals surface area contributed by atoms with Crippen LogP contribution in [0.5, 0.6) is 0 Å². The van der Waals surface area contributed by atoms with Gasteiger partial charge < -0.3 is 20.4 Å². The van der Waals surface area contributed by atoms with Crippen molar-refractivity contribution in [2.24, 2.45) is 0 Å². The summed E-state index contributed by atoms with van der Waals surface area (Å²) >= 11 is 0. The van der Waals surface area contributed by atoms with Crippen molar-refractivity contribution in [3.8, 4) is 0 Å². The largest absolute Gasteiger partial charge is 0.360 e. The van der Waals surface area contributed by atoms with Gasteiger partial charge in [0, 0.05) is 51.5 Å². The zero-order valence-electron chi connectivity index (χ0n) is 12.5. The summed E-state index contributed by atoms with van der Waals surface area (Å²) in [7, 11) is 0. The summed E-state index contributed by atoms with van der Waals surface area (Å²) in [6.45, 7) is 7.76. The monoisotopic (exact) mass is 288 g/mol. The average molecular weight is 288 g/mol. The average Bonchev–Trinajstić information content (AvgIpc) is 2.54. The van der Waals surface area contributed by atoms with Gasteiger partial charge in [-0.1, -0.05) is 12.1 Å². The Morgan fingerprint density at radius 2 is 1.76 bits per heavy atom. The smallest absolute Gasteiger partial charge is 0.239 e. The lowest BCUT2D eigenvalue weighted by molar-refractivity contribution is -0.120. The van der Waals surface area contributed by atoms with E-state index in [2.05, 4.69) is 44.7 Å². The van der Waals surface area contributed by atoms with Crippen LogP contribution in [0, 0.1) is 0 Å². The van der Waals surface area contributed by atoms with Crippen LogP contribution in [0.2, 0.25) is 0 Å². The van der Waals surface area contributed by atoms with E-state index in [4.69, 9.17) is 0 Å². The fraction of sp³-hybridized carbons (Fsp3) is 0.562. The Kier molecular flexibility index (Phi) is 4.72. The standard InChI is InChI=1S/C16H24N4O/c21-16-13-20(12-8-18-16)15-3-1-14(2-4-15)5-9-19-10-6-17-7-11-19/h1-4,17H,5-13H2,(H,18,21). The molecule has 0 spiro atoms. The van der Waals surface area contributed by atoms with E-state index in [1.165, 1.54) is 5.56 Å². The fourth-order valence-corrected chi connectivity index (χ4v) is 2.95. The summed E-state index contributed by atoms with van der Waals surface area (Å²) in [5.41, 5.74) is 2.52. The number of rotatable bonds is 4. The summed E-state index contributed by atoms with van der Waals surface area (Å²) in [5, 5.41) is 6.24. The van der Waals surface area contributed by atoms with Crippen LogP contribution in [0.3, 0.4) is 0 Å². The van der Waals surface area contributed by atoms with E-state index in [0.717, 1.165) is 57.9 Å². The lowest BCUT2D eigenvalue weighted by Crippen LogP contribution is -2.47. The van der Waals surface area contributed by atoms with E-state index in [-0.39, 0.29) is 5.91 Å². The number of anilines is 1. The molecule has 0 saturated carbocycles. The molecule has 5 nitrogen and oxygen atoms in total. The topological polar surface area (TPSA) is 47.6 Å². The molecule has 0 radical (unpaired) electrons. The van der Waals surface area contributed by atoms with Gasteiger partial charge in [0.1, 0.15) is 0 Å². The zero-order valence-corrected chi connectivity index (χ0v) is 12.5. The van der Waals surface area contributed by atoms with Crippen molar-refractivity contribution in [2.45, 2.75) is 6.42 Å². The molecular weight excluding hydrogens is 264 g/mol. The van der Waals surface area contributed by atoms with Gasteiger partial charge in [0.15, 0.2) is 0 Å². The van der Waals surface area contributed by atoms with E-state index in [1.54, 1.807) is 0 Å². The van der Waals surface area contributed by atoms with Crippen molar-refractivity contribution in [1.29, 1.82) is 0 Å². The van der Waals surface area contributed by atoms with Gasteiger partial charge in [-0.25, -0.2) is 0 Å². The minimum atomic E-state index is 0.115. The van der Waals surface area contributed by atoms with Crippen LogP contribution in [0.25, 0.3) is 0 Å². The minimum absolute atomic E-state index is 0.115. The predicted octanol–water partition coefficient (Wildman–Crippen LogP) is 0.0705. The van der Waals surface area contributed by atoms with Crippen LogP contribution in [-0.4, -0.2) is 63.2 Å². The Morgan fingerprint density at radius 3 is 2.48 bits per heavy atom. The molecule has 2 saturated heterocycles. The number of hydrogen-bond acceptors (Lipinski definition) is 4. The summed E-state index contributed by atoms with van der Waals surface area (Å²) in [6.07, 6.45) is 1.10. The molecule has 2 aliphatic heterocycles. The highest BCUT2D eigenvalue weighted by atomic mass is 16.2. The van der Waals surface area contributed by atoms with Gasteiger partial charge in [0.2, 0.25) is 5.91 Å². The summed E-state index contributed by atoms with van der Waals surface area (Å²) in [5.74, 6) is 0.115. The van der Waals surface area contributed by atoms with Crippen molar-refractivity contribution in [3.63, 3.8) is 0 Å². The molecule has 2 fully saturated rings. The first kappa shape index (κ1) is 14.4. The van der Waals surface area contributed by atoms with Crippen LogP contribution >= 0.6 is 0 Å². The first-order valence-corrected chi connectivity index (χ1v) is 7.85. The number of piperazine rings is 2. The molecule has 5 heteroatoms. The molecule has 2 N–H and O–H groups in total. The Morgan fingerprint density at radius 1 is 1.00 bits per heavy atom. The molecule has 114 valence electrons. The fourth-order valence-electron chi connectivity index (χ4n) is 2.95. The third kappa shape index (κ3) is 3.95. The van der Waals surface area contributed by atoms with Crippen molar-refractivity contribution >= 4 is 11.6 Å². The molecule has 0 bridgehead atoms. The second-order valence-electron chi connectivity index (χ2n) is 5.78. The maximum absolute atomic E-state index is 11.4. The lowest BCUT2D eigenvalue weighted by Gasteiger charge is -2.29. The maximum atomic E-state index is 11.4. The molecule has 2 heterocycles. The van der Waals surface area contributed by atoms with Crippen LogP contribution in [0.1, 0.15) is 5.56 Å². The Labute approximate surface area is 126 Å². The number of nitrogens with one attached hydrogen (secondary N) is 2. The van der Waals surface area contributed by atoms with Gasteiger partial charge in [-0.05, 0) is 24.1 Å². The SMILES string of the molecule is O=C1CN(c2ccc(CCN3CCNCC3)cc2)CCN1. The molecule has 2 aliphatic rings. The summed E-state index contributed by atoms with van der Waals surface area (Å²) in [4.78, 5) is 16.1. The van der Waals surface area contributed by atoms with Crippen LogP contribution in [0.4, 0.5) is 5.69 Å². The first-order chi connectivity index (χ1) is 10.3. The maximum Gasteiger partial charge on any atom is 0.239 e. The Balaban J connectivity index is 1.52. The van der Waals surface area contributed by atoms with E-state index in [1.807, 2.05) is 0 Å². The normalized spacial score (nSPS) is 20.4. The summed E-state index contributed by atoms with van der Waals surface area (Å²) in [6, 6.07) is 8.69. The molecular formula is C16H24N4O. The molecule has 3 rings (SSSR count). The molecule has 0 aromatic heterocycles. The Hall–Kier alpha value is -1.59. The van der Waals surface area contributed by atoms with Gasteiger partial charge in [-0.15, -0.1) is 0 Å². The van der Waals surface area contributed by atoms with Gasteiger partial charge in [0.05, 0.1) is 6.54 Å². The molecule has 0 unspecified atom stereocenters. The van der Waals surface area contributed by atoms with E-state index in [9.17, 15) is 4.79 Å². The minimum Gasteiger partial charge on any atom is -0.360 e. The van der Waals surface area contributed by atoms with Crippen LogP contribution in [-0.2, 0) is 11.2 Å². The van der Waals surface area contributed by atoms with Crippen LogP contribution in [0.15, 0.2) is 24.3 Å². The number of carbonyl (C=O) groups excluding carboxylic acids is 1.